The Kier molecular flexibility index (Phi) is 5.57. The minimum Gasteiger partial charge on any atom is -0.396 e. The van der Waals surface area contributed by atoms with E-state index in [-0.39, 0.29) is 6.61 Å². The van der Waals surface area contributed by atoms with E-state index in [0.717, 1.165) is 50.5 Å². The van der Waals surface area contributed by atoms with Crippen LogP contribution in [-0.4, -0.2) is 63.7 Å². The number of hydrogen-bond donors (Lipinski definition) is 2. The summed E-state index contributed by atoms with van der Waals surface area (Å²) in [4.78, 5) is 12.5. The van der Waals surface area contributed by atoms with Crippen LogP contribution in [0.15, 0.2) is 6.33 Å². The smallest absolute Gasteiger partial charge is 0.0925 e. The predicted molar refractivity (Wildman–Crippen MR) is 80.5 cm³/mol. The lowest BCUT2D eigenvalue weighted by Gasteiger charge is -2.42. The summed E-state index contributed by atoms with van der Waals surface area (Å²) in [6, 6.07) is 0.468. The van der Waals surface area contributed by atoms with Crippen molar-refractivity contribution in [1.82, 2.24) is 19.8 Å². The molecule has 1 fully saturated rings. The molecule has 5 heteroatoms. The standard InChI is InChI=1S/C15H28N4O/c1-12(2)8-19-6-5-18(9-14(19)4-7-20)10-15-13(3)16-11-17-15/h11-12,14,20H,4-10H2,1-3H3,(H,16,17)/t14-/m1/s1. The highest BCUT2D eigenvalue weighted by atomic mass is 16.3. The number of imidazole rings is 1. The van der Waals surface area contributed by atoms with Crippen molar-refractivity contribution in [3.63, 3.8) is 0 Å². The van der Waals surface area contributed by atoms with Gasteiger partial charge < -0.3 is 10.1 Å². The molecule has 0 amide bonds. The average Bonchev–Trinajstić information content (AvgIpc) is 2.78. The summed E-state index contributed by atoms with van der Waals surface area (Å²) in [6.07, 6.45) is 2.63. The Morgan fingerprint density at radius 1 is 1.45 bits per heavy atom. The first-order valence-corrected chi connectivity index (χ1v) is 7.66. The van der Waals surface area contributed by atoms with Gasteiger partial charge in [0.25, 0.3) is 0 Å². The van der Waals surface area contributed by atoms with Gasteiger partial charge in [-0.15, -0.1) is 0 Å². The summed E-state index contributed by atoms with van der Waals surface area (Å²) in [7, 11) is 0. The fraction of sp³-hybridized carbons (Fsp3) is 0.800. The van der Waals surface area contributed by atoms with Crippen molar-refractivity contribution < 1.29 is 5.11 Å². The number of nitrogens with zero attached hydrogens (tertiary/aromatic N) is 3. The first kappa shape index (κ1) is 15.5. The number of hydrogen-bond acceptors (Lipinski definition) is 4. The van der Waals surface area contributed by atoms with E-state index in [2.05, 4.69) is 40.5 Å². The normalized spacial score (nSPS) is 21.8. The van der Waals surface area contributed by atoms with Crippen LogP contribution < -0.4 is 0 Å². The molecule has 2 N–H and O–H groups in total. The first-order valence-electron chi connectivity index (χ1n) is 7.66. The summed E-state index contributed by atoms with van der Waals surface area (Å²) in [5, 5.41) is 9.29. The maximum atomic E-state index is 9.29. The number of aromatic nitrogens is 2. The van der Waals surface area contributed by atoms with Crippen molar-refractivity contribution in [2.45, 2.75) is 39.8 Å². The zero-order valence-electron chi connectivity index (χ0n) is 13.0. The second-order valence-corrected chi connectivity index (χ2v) is 6.26. The molecule has 2 heterocycles. The van der Waals surface area contributed by atoms with E-state index in [9.17, 15) is 5.11 Å². The first-order chi connectivity index (χ1) is 9.60. The van der Waals surface area contributed by atoms with Crippen LogP contribution in [0, 0.1) is 12.8 Å². The number of aliphatic hydroxyl groups is 1. The highest BCUT2D eigenvalue weighted by Crippen LogP contribution is 2.17. The van der Waals surface area contributed by atoms with Gasteiger partial charge in [-0.2, -0.15) is 0 Å². The lowest BCUT2D eigenvalue weighted by Crippen LogP contribution is -2.53. The second-order valence-electron chi connectivity index (χ2n) is 6.26. The third-order valence-corrected chi connectivity index (χ3v) is 4.06. The maximum Gasteiger partial charge on any atom is 0.0925 e. The van der Waals surface area contributed by atoms with Gasteiger partial charge in [-0.05, 0) is 19.3 Å². The van der Waals surface area contributed by atoms with Gasteiger partial charge in [0.15, 0.2) is 0 Å². The third kappa shape index (κ3) is 4.04. The third-order valence-electron chi connectivity index (χ3n) is 4.06. The Labute approximate surface area is 122 Å². The van der Waals surface area contributed by atoms with Crippen LogP contribution in [-0.2, 0) is 6.54 Å². The predicted octanol–water partition coefficient (Wildman–Crippen LogP) is 1.24. The molecule has 0 aliphatic carbocycles. The second kappa shape index (κ2) is 7.20. The molecule has 0 aromatic carbocycles. The molecule has 1 aliphatic heterocycles. The molecule has 5 nitrogen and oxygen atoms in total. The van der Waals surface area contributed by atoms with Gasteiger partial charge in [-0.1, -0.05) is 13.8 Å². The number of piperazine rings is 1. The van der Waals surface area contributed by atoms with E-state index in [1.807, 2.05) is 0 Å². The van der Waals surface area contributed by atoms with E-state index < -0.39 is 0 Å². The Hall–Kier alpha value is -0.910. The van der Waals surface area contributed by atoms with E-state index >= 15 is 0 Å². The van der Waals surface area contributed by atoms with Crippen LogP contribution >= 0.6 is 0 Å². The molecule has 1 atom stereocenters. The number of nitrogens with one attached hydrogen (secondary N) is 1. The van der Waals surface area contributed by atoms with E-state index in [0.29, 0.717) is 12.0 Å². The zero-order chi connectivity index (χ0) is 14.5. The molecule has 0 radical (unpaired) electrons. The van der Waals surface area contributed by atoms with Crippen LogP contribution in [0.2, 0.25) is 0 Å². The number of aliphatic hydroxyl groups excluding tert-OH is 1. The quantitative estimate of drug-likeness (QED) is 0.823. The molecule has 1 saturated heterocycles. The van der Waals surface area contributed by atoms with Gasteiger partial charge in [-0.3, -0.25) is 9.80 Å². The molecule has 0 saturated carbocycles. The number of rotatable bonds is 6. The van der Waals surface area contributed by atoms with Crippen LogP contribution in [0.25, 0.3) is 0 Å². The van der Waals surface area contributed by atoms with Crippen molar-refractivity contribution in [2.75, 3.05) is 32.8 Å². The molecule has 1 aromatic heterocycles. The van der Waals surface area contributed by atoms with Crippen molar-refractivity contribution in [3.8, 4) is 0 Å². The molecule has 0 unspecified atom stereocenters. The van der Waals surface area contributed by atoms with Crippen LogP contribution in [0.1, 0.15) is 31.7 Å². The van der Waals surface area contributed by atoms with E-state index in [1.165, 1.54) is 0 Å². The molecular weight excluding hydrogens is 252 g/mol. The van der Waals surface area contributed by atoms with Crippen LogP contribution in [0.4, 0.5) is 0 Å². The highest BCUT2D eigenvalue weighted by Gasteiger charge is 2.27. The molecule has 1 aromatic rings. The van der Waals surface area contributed by atoms with Gasteiger partial charge in [0.2, 0.25) is 0 Å². The van der Waals surface area contributed by atoms with E-state index in [4.69, 9.17) is 0 Å². The number of aromatic amines is 1. The molecule has 1 aliphatic rings. The Bertz CT molecular complexity index is 404. The fourth-order valence-corrected chi connectivity index (χ4v) is 2.99. The van der Waals surface area contributed by atoms with Crippen molar-refractivity contribution in [2.24, 2.45) is 5.92 Å². The minimum atomic E-state index is 0.272. The van der Waals surface area contributed by atoms with Crippen LogP contribution in [0.3, 0.4) is 0 Å². The number of H-pyrrole nitrogens is 1. The summed E-state index contributed by atoms with van der Waals surface area (Å²) in [5.41, 5.74) is 2.30. The highest BCUT2D eigenvalue weighted by molar-refractivity contribution is 5.08. The van der Waals surface area contributed by atoms with Crippen molar-refractivity contribution in [3.05, 3.63) is 17.7 Å². The van der Waals surface area contributed by atoms with Crippen LogP contribution in [0.5, 0.6) is 0 Å². The van der Waals surface area contributed by atoms with Gasteiger partial charge >= 0.3 is 0 Å². The monoisotopic (exact) mass is 280 g/mol. The lowest BCUT2D eigenvalue weighted by atomic mass is 10.1. The largest absolute Gasteiger partial charge is 0.396 e. The Morgan fingerprint density at radius 3 is 2.85 bits per heavy atom. The molecule has 20 heavy (non-hydrogen) atoms. The fourth-order valence-electron chi connectivity index (χ4n) is 2.99. The van der Waals surface area contributed by atoms with Crippen molar-refractivity contribution in [1.29, 1.82) is 0 Å². The van der Waals surface area contributed by atoms with Gasteiger partial charge in [-0.25, -0.2) is 4.98 Å². The van der Waals surface area contributed by atoms with Crippen molar-refractivity contribution >= 4 is 0 Å². The molecule has 0 bridgehead atoms. The lowest BCUT2D eigenvalue weighted by molar-refractivity contribution is 0.0471. The molecule has 0 spiro atoms. The van der Waals surface area contributed by atoms with Gasteiger partial charge in [0.05, 0.1) is 12.0 Å². The number of aryl methyl sites for hydroxylation is 1. The maximum absolute atomic E-state index is 9.29. The summed E-state index contributed by atoms with van der Waals surface area (Å²) in [5.74, 6) is 0.677. The average molecular weight is 280 g/mol. The zero-order valence-corrected chi connectivity index (χ0v) is 13.0. The molecule has 2 rings (SSSR count). The van der Waals surface area contributed by atoms with E-state index in [1.54, 1.807) is 6.33 Å². The molecular formula is C15H28N4O. The SMILES string of the molecule is Cc1[nH]cnc1CN1CCN(CC(C)C)[C@H](CCO)C1. The Balaban J connectivity index is 1.93. The summed E-state index contributed by atoms with van der Waals surface area (Å²) in [6.45, 7) is 12.1. The van der Waals surface area contributed by atoms with Gasteiger partial charge in [0.1, 0.15) is 0 Å². The summed E-state index contributed by atoms with van der Waals surface area (Å²) >= 11 is 0. The topological polar surface area (TPSA) is 55.4 Å². The summed E-state index contributed by atoms with van der Waals surface area (Å²) < 4.78 is 0. The Morgan fingerprint density at radius 2 is 2.25 bits per heavy atom. The minimum absolute atomic E-state index is 0.272. The van der Waals surface area contributed by atoms with Gasteiger partial charge in [0, 0.05) is 51.1 Å². The molecule has 114 valence electrons.